The van der Waals surface area contributed by atoms with Gasteiger partial charge in [0, 0.05) is 12.6 Å². The molecule has 4 heteroatoms. The molecule has 0 aliphatic carbocycles. The minimum atomic E-state index is 0.0127. The molecule has 0 saturated heterocycles. The van der Waals surface area contributed by atoms with E-state index in [2.05, 4.69) is 17.6 Å². The van der Waals surface area contributed by atoms with Gasteiger partial charge >= 0.3 is 0 Å². The highest BCUT2D eigenvalue weighted by Crippen LogP contribution is 1.95. The summed E-state index contributed by atoms with van der Waals surface area (Å²) < 4.78 is 0. The summed E-state index contributed by atoms with van der Waals surface area (Å²) in [6.45, 7) is 5.42. The Balaban J connectivity index is 3.56. The van der Waals surface area contributed by atoms with E-state index in [4.69, 9.17) is 5.11 Å². The summed E-state index contributed by atoms with van der Waals surface area (Å²) in [4.78, 5) is 11.3. The number of nitrogens with one attached hydrogen (secondary N) is 2. The van der Waals surface area contributed by atoms with Crippen LogP contribution >= 0.6 is 0 Å². The Labute approximate surface area is 86.1 Å². The Morgan fingerprint density at radius 2 is 2.14 bits per heavy atom. The van der Waals surface area contributed by atoms with Gasteiger partial charge in [-0.1, -0.05) is 13.8 Å². The Morgan fingerprint density at radius 3 is 2.64 bits per heavy atom. The molecular formula is C10H22N2O2. The van der Waals surface area contributed by atoms with Crippen molar-refractivity contribution in [1.29, 1.82) is 0 Å². The van der Waals surface area contributed by atoms with E-state index in [1.807, 2.05) is 6.92 Å². The van der Waals surface area contributed by atoms with Gasteiger partial charge in [0.25, 0.3) is 0 Å². The molecule has 0 bridgehead atoms. The second kappa shape index (κ2) is 8.97. The van der Waals surface area contributed by atoms with Crippen molar-refractivity contribution in [3.05, 3.63) is 0 Å². The van der Waals surface area contributed by atoms with Gasteiger partial charge in [-0.05, 0) is 25.8 Å². The Kier molecular flexibility index (Phi) is 8.57. The normalized spacial score (nSPS) is 12.5. The average Bonchev–Trinajstić information content (AvgIpc) is 2.17. The van der Waals surface area contributed by atoms with Crippen LogP contribution in [0, 0.1) is 0 Å². The lowest BCUT2D eigenvalue weighted by Gasteiger charge is -2.15. The van der Waals surface area contributed by atoms with Gasteiger partial charge in [0.15, 0.2) is 0 Å². The van der Waals surface area contributed by atoms with Crippen LogP contribution in [0.2, 0.25) is 0 Å². The number of amides is 1. The van der Waals surface area contributed by atoms with Crippen LogP contribution in [-0.2, 0) is 4.79 Å². The molecule has 0 rings (SSSR count). The molecule has 4 nitrogen and oxygen atoms in total. The lowest BCUT2D eigenvalue weighted by atomic mass is 10.1. The molecule has 0 spiro atoms. The zero-order valence-electron chi connectivity index (χ0n) is 9.18. The number of aliphatic hydroxyl groups is 1. The Hall–Kier alpha value is -0.610. The zero-order valence-corrected chi connectivity index (χ0v) is 9.18. The van der Waals surface area contributed by atoms with Crippen molar-refractivity contribution in [2.45, 2.75) is 39.2 Å². The summed E-state index contributed by atoms with van der Waals surface area (Å²) in [5, 5.41) is 14.6. The van der Waals surface area contributed by atoms with Crippen molar-refractivity contribution in [2.75, 3.05) is 19.7 Å². The van der Waals surface area contributed by atoms with Crippen molar-refractivity contribution >= 4 is 5.91 Å². The van der Waals surface area contributed by atoms with Crippen LogP contribution in [0.1, 0.15) is 33.1 Å². The van der Waals surface area contributed by atoms with Gasteiger partial charge in [-0.2, -0.15) is 0 Å². The molecule has 0 aliphatic heterocycles. The van der Waals surface area contributed by atoms with E-state index in [1.54, 1.807) is 0 Å². The molecule has 0 aromatic rings. The summed E-state index contributed by atoms with van der Waals surface area (Å²) in [7, 11) is 0. The molecule has 0 aliphatic rings. The molecule has 84 valence electrons. The second-order valence-corrected chi connectivity index (χ2v) is 3.36. The maximum atomic E-state index is 11.3. The lowest BCUT2D eigenvalue weighted by Crippen LogP contribution is -2.40. The highest BCUT2D eigenvalue weighted by molar-refractivity contribution is 5.78. The number of hydrogen-bond acceptors (Lipinski definition) is 3. The first-order chi connectivity index (χ1) is 6.74. The smallest absolute Gasteiger partial charge is 0.234 e. The van der Waals surface area contributed by atoms with Crippen LogP contribution in [0.4, 0.5) is 0 Å². The molecule has 0 saturated carbocycles. The highest BCUT2D eigenvalue weighted by Gasteiger charge is 2.08. The molecule has 1 unspecified atom stereocenters. The molecule has 0 fully saturated rings. The van der Waals surface area contributed by atoms with E-state index in [9.17, 15) is 4.79 Å². The number of hydrogen-bond donors (Lipinski definition) is 3. The van der Waals surface area contributed by atoms with E-state index in [1.165, 1.54) is 0 Å². The van der Waals surface area contributed by atoms with E-state index in [0.29, 0.717) is 13.0 Å². The van der Waals surface area contributed by atoms with E-state index in [0.717, 1.165) is 19.4 Å². The first-order valence-corrected chi connectivity index (χ1v) is 5.35. The predicted octanol–water partition coefficient (Wildman–Crippen LogP) is 0.263. The molecule has 0 heterocycles. The lowest BCUT2D eigenvalue weighted by molar-refractivity contribution is -0.121. The van der Waals surface area contributed by atoms with Crippen molar-refractivity contribution in [3.63, 3.8) is 0 Å². The first kappa shape index (κ1) is 13.4. The van der Waals surface area contributed by atoms with Crippen LogP contribution in [0.3, 0.4) is 0 Å². The van der Waals surface area contributed by atoms with Crippen molar-refractivity contribution in [2.24, 2.45) is 0 Å². The number of rotatable bonds is 8. The fourth-order valence-corrected chi connectivity index (χ4v) is 1.19. The van der Waals surface area contributed by atoms with Gasteiger partial charge in [-0.3, -0.25) is 4.79 Å². The summed E-state index contributed by atoms with van der Waals surface area (Å²) in [5.41, 5.74) is 0. The Morgan fingerprint density at radius 1 is 1.43 bits per heavy atom. The van der Waals surface area contributed by atoms with Crippen molar-refractivity contribution < 1.29 is 9.90 Å². The summed E-state index contributed by atoms with van der Waals surface area (Å²) in [6, 6.07) is 0.107. The SMILES string of the molecule is CCCNCC(=O)NC(CC)CCO. The largest absolute Gasteiger partial charge is 0.396 e. The third-order valence-corrected chi connectivity index (χ3v) is 2.05. The number of carbonyl (C=O) groups excluding carboxylic acids is 1. The standard InChI is InChI=1S/C10H22N2O2/c1-3-6-11-8-10(14)12-9(4-2)5-7-13/h9,11,13H,3-8H2,1-2H3,(H,12,14). The fraction of sp³-hybridized carbons (Fsp3) is 0.900. The van der Waals surface area contributed by atoms with E-state index in [-0.39, 0.29) is 18.6 Å². The number of carbonyl (C=O) groups is 1. The topological polar surface area (TPSA) is 61.4 Å². The fourth-order valence-electron chi connectivity index (χ4n) is 1.19. The van der Waals surface area contributed by atoms with Crippen molar-refractivity contribution in [3.8, 4) is 0 Å². The van der Waals surface area contributed by atoms with Gasteiger partial charge in [0.1, 0.15) is 0 Å². The predicted molar refractivity (Wildman–Crippen MR) is 57.1 cm³/mol. The van der Waals surface area contributed by atoms with Crippen LogP contribution < -0.4 is 10.6 Å². The van der Waals surface area contributed by atoms with Gasteiger partial charge in [0.2, 0.25) is 5.91 Å². The minimum absolute atomic E-state index is 0.0127. The maximum absolute atomic E-state index is 11.3. The third kappa shape index (κ3) is 6.86. The molecule has 0 aromatic carbocycles. The first-order valence-electron chi connectivity index (χ1n) is 5.35. The molecule has 1 atom stereocenters. The minimum Gasteiger partial charge on any atom is -0.396 e. The van der Waals surface area contributed by atoms with E-state index >= 15 is 0 Å². The molecule has 1 amide bonds. The Bertz CT molecular complexity index is 151. The molecule has 14 heavy (non-hydrogen) atoms. The summed E-state index contributed by atoms with van der Waals surface area (Å²) >= 11 is 0. The van der Waals surface area contributed by atoms with Gasteiger partial charge in [0.05, 0.1) is 6.54 Å². The van der Waals surface area contributed by atoms with Gasteiger partial charge < -0.3 is 15.7 Å². The molecular weight excluding hydrogens is 180 g/mol. The summed E-state index contributed by atoms with van der Waals surface area (Å²) in [6.07, 6.45) is 2.53. The molecule has 3 N–H and O–H groups in total. The van der Waals surface area contributed by atoms with Crippen LogP contribution in [0.25, 0.3) is 0 Å². The van der Waals surface area contributed by atoms with Crippen molar-refractivity contribution in [1.82, 2.24) is 10.6 Å². The highest BCUT2D eigenvalue weighted by atomic mass is 16.3. The van der Waals surface area contributed by atoms with Gasteiger partial charge in [-0.25, -0.2) is 0 Å². The molecule has 0 aromatic heterocycles. The second-order valence-electron chi connectivity index (χ2n) is 3.36. The van der Waals surface area contributed by atoms with Crippen LogP contribution in [-0.4, -0.2) is 36.8 Å². The zero-order chi connectivity index (χ0) is 10.8. The summed E-state index contributed by atoms with van der Waals surface area (Å²) in [5.74, 6) is 0.0127. The van der Waals surface area contributed by atoms with Gasteiger partial charge in [-0.15, -0.1) is 0 Å². The number of aliphatic hydroxyl groups excluding tert-OH is 1. The monoisotopic (exact) mass is 202 g/mol. The van der Waals surface area contributed by atoms with E-state index < -0.39 is 0 Å². The molecule has 0 radical (unpaired) electrons. The average molecular weight is 202 g/mol. The van der Waals surface area contributed by atoms with Crippen LogP contribution in [0.15, 0.2) is 0 Å². The third-order valence-electron chi connectivity index (χ3n) is 2.05. The quantitative estimate of drug-likeness (QED) is 0.495. The maximum Gasteiger partial charge on any atom is 0.234 e. The van der Waals surface area contributed by atoms with Crippen LogP contribution in [0.5, 0.6) is 0 Å².